The van der Waals surface area contributed by atoms with Crippen LogP contribution in [0.3, 0.4) is 0 Å². The Hall–Kier alpha value is -5.58. The molecule has 0 atom stereocenters. The number of aromatic nitrogens is 2. The number of halogens is 4. The van der Waals surface area contributed by atoms with E-state index in [-0.39, 0.29) is 42.6 Å². The van der Waals surface area contributed by atoms with Gasteiger partial charge in [0, 0.05) is 29.5 Å². The van der Waals surface area contributed by atoms with Crippen molar-refractivity contribution in [3.8, 4) is 33.8 Å². The predicted octanol–water partition coefficient (Wildman–Crippen LogP) is 10.3. The second-order valence-corrected chi connectivity index (χ2v) is 13.9. The van der Waals surface area contributed by atoms with E-state index in [0.717, 1.165) is 23.4 Å². The molecule has 8 rings (SSSR count). The molecule has 0 unspecified atom stereocenters. The van der Waals surface area contributed by atoms with Gasteiger partial charge in [0.05, 0.1) is 7.92 Å². The van der Waals surface area contributed by atoms with Gasteiger partial charge in [-0.15, -0.1) is 60.2 Å². The van der Waals surface area contributed by atoms with Crippen LogP contribution in [-0.2, 0) is 20.1 Å². The van der Waals surface area contributed by atoms with Crippen molar-refractivity contribution in [1.82, 2.24) is 9.97 Å². The maximum atomic E-state index is 13.8. The van der Waals surface area contributed by atoms with Crippen LogP contribution in [-0.4, -0.2) is 9.97 Å². The fraction of sp³-hybridized carbons (Fsp3) is 0. The van der Waals surface area contributed by atoms with Gasteiger partial charge in [0.25, 0.3) is 0 Å². The number of nitrogens with zero attached hydrogens (tertiary/aromatic N) is 2. The molecule has 0 fully saturated rings. The van der Waals surface area contributed by atoms with Crippen LogP contribution in [0.15, 0.2) is 182 Å². The summed E-state index contributed by atoms with van der Waals surface area (Å²) >= 11 is 0. The molecule has 0 spiro atoms. The maximum Gasteiger partial charge on any atom is 3.00 e. The summed E-state index contributed by atoms with van der Waals surface area (Å²) in [5.41, 5.74) is 2.26. The molecule has 2 nitrogen and oxygen atoms in total. The molecule has 0 saturated carbocycles. The third-order valence-corrected chi connectivity index (χ3v) is 10.5. The summed E-state index contributed by atoms with van der Waals surface area (Å²) in [6.45, 7) is 0. The van der Waals surface area contributed by atoms with Crippen LogP contribution < -0.4 is 15.9 Å². The van der Waals surface area contributed by atoms with Gasteiger partial charge in [0.1, 0.15) is 15.9 Å². The van der Waals surface area contributed by atoms with Crippen LogP contribution in [0.2, 0.25) is 0 Å². The third-order valence-electron chi connectivity index (χ3n) is 7.81. The summed E-state index contributed by atoms with van der Waals surface area (Å²) < 4.78 is 53.4. The largest absolute Gasteiger partial charge is 3.00 e. The van der Waals surface area contributed by atoms with Crippen molar-refractivity contribution in [2.24, 2.45) is 0 Å². The van der Waals surface area contributed by atoms with Crippen molar-refractivity contribution in [3.63, 3.8) is 0 Å². The van der Waals surface area contributed by atoms with Crippen LogP contribution in [0.25, 0.3) is 33.8 Å². The molecule has 8 heteroatoms. The maximum absolute atomic E-state index is 13.8. The van der Waals surface area contributed by atoms with Gasteiger partial charge in [-0.25, -0.2) is 0 Å². The van der Waals surface area contributed by atoms with Crippen molar-refractivity contribution >= 4 is 23.8 Å². The smallest absolute Gasteiger partial charge is 0.345 e. The second-order valence-electron chi connectivity index (χ2n) is 11.5. The van der Waals surface area contributed by atoms with Crippen molar-refractivity contribution in [3.05, 3.63) is 224 Å². The molecule has 0 aliphatic carbocycles. The summed E-state index contributed by atoms with van der Waals surface area (Å²) in [5, 5.41) is 4.31. The fourth-order valence-corrected chi connectivity index (χ4v) is 7.96. The molecule has 0 saturated heterocycles. The molecule has 0 N–H and O–H groups in total. The van der Waals surface area contributed by atoms with Crippen molar-refractivity contribution < 1.29 is 37.7 Å². The molecule has 0 aliphatic heterocycles. The Bertz CT molecular complexity index is 2140. The van der Waals surface area contributed by atoms with Gasteiger partial charge in [-0.1, -0.05) is 108 Å². The Morgan fingerprint density at radius 3 is 1.30 bits per heavy atom. The Balaban J connectivity index is 0.000000160. The summed E-state index contributed by atoms with van der Waals surface area (Å²) in [6, 6.07) is 62.1. The molecule has 0 radical (unpaired) electrons. The Kier molecular flexibility index (Phi) is 14.7. The third kappa shape index (κ3) is 10.7. The zero-order valence-electron chi connectivity index (χ0n) is 28.6. The van der Waals surface area contributed by atoms with Crippen LogP contribution >= 0.6 is 7.92 Å². The fourth-order valence-electron chi connectivity index (χ4n) is 5.38. The number of hydrogen-bond acceptors (Lipinski definition) is 2. The minimum atomic E-state index is -0.877. The van der Waals surface area contributed by atoms with E-state index in [1.54, 1.807) is 6.20 Å². The Labute approximate surface area is 327 Å². The topological polar surface area (TPSA) is 25.8 Å². The van der Waals surface area contributed by atoms with Crippen LogP contribution in [0.1, 0.15) is 0 Å². The Morgan fingerprint density at radius 1 is 0.444 bits per heavy atom. The standard InChI is InChI=1S/C18H15P.C17H7F4N.C11H8N.Ir/c1-4-10-16(11-5-1)19(17-12-6-2-7-13-17)18-14-8-3-9-15-18;18-10-4-6-12(14(20)8-10)16-2-1-3-17(22-16)13-7-5-11(19)9-15(13)21;1-2-6-10(7-3-1)11-8-4-5-9-12-11;/h1-15H;1-5,8-9H;1-6,8-9H;/q;-2;-1;+3/p+1. The minimum Gasteiger partial charge on any atom is -0.345 e. The SMILES string of the molecule is Fc1c[c-]c(-c2cccc(-c3[c-]cc(F)cc3F)n2)c(F)c1.[Ir+3].[c-]1ccccc1-c1ccccn1.c1ccc([PH+](c2ccccc2)c2ccccc2)cc1. The van der Waals surface area contributed by atoms with E-state index in [1.807, 2.05) is 42.5 Å². The van der Waals surface area contributed by atoms with E-state index >= 15 is 0 Å². The molecule has 0 bridgehead atoms. The van der Waals surface area contributed by atoms with Gasteiger partial charge in [-0.05, 0) is 59.5 Å². The molecular weight excluding hydrogens is 880 g/mol. The molecule has 2 heterocycles. The van der Waals surface area contributed by atoms with E-state index in [4.69, 9.17) is 0 Å². The predicted molar refractivity (Wildman–Crippen MR) is 208 cm³/mol. The molecule has 266 valence electrons. The summed E-state index contributed by atoms with van der Waals surface area (Å²) in [6.07, 6.45) is 1.79. The van der Waals surface area contributed by atoms with E-state index in [9.17, 15) is 17.6 Å². The number of benzene rings is 6. The van der Waals surface area contributed by atoms with E-state index < -0.39 is 31.2 Å². The monoisotopic (exact) mass is 911 g/mol. The summed E-state index contributed by atoms with van der Waals surface area (Å²) in [5.74, 6) is -3.16. The Morgan fingerprint density at radius 2 is 0.889 bits per heavy atom. The molecule has 8 aromatic rings. The zero-order valence-corrected chi connectivity index (χ0v) is 32.0. The number of rotatable bonds is 6. The van der Waals surface area contributed by atoms with E-state index in [1.165, 1.54) is 34.1 Å². The first-order valence-corrected chi connectivity index (χ1v) is 18.1. The molecule has 2 aromatic heterocycles. The van der Waals surface area contributed by atoms with Gasteiger partial charge >= 0.3 is 20.1 Å². The molecule has 54 heavy (non-hydrogen) atoms. The van der Waals surface area contributed by atoms with Crippen LogP contribution in [0.5, 0.6) is 0 Å². The first kappa shape index (κ1) is 39.6. The van der Waals surface area contributed by atoms with Crippen molar-refractivity contribution in [1.29, 1.82) is 0 Å². The average molecular weight is 911 g/mol. The minimum absolute atomic E-state index is 0. The second kappa shape index (κ2) is 20.0. The molecular formula is C46H31F4IrN2P+. The van der Waals surface area contributed by atoms with Crippen LogP contribution in [0, 0.1) is 41.5 Å². The quantitative estimate of drug-likeness (QED) is 0.0944. The summed E-state index contributed by atoms with van der Waals surface area (Å²) in [4.78, 5) is 8.32. The van der Waals surface area contributed by atoms with Gasteiger partial charge < -0.3 is 9.97 Å². The van der Waals surface area contributed by atoms with Crippen molar-refractivity contribution in [2.45, 2.75) is 0 Å². The average Bonchev–Trinajstić information content (AvgIpc) is 3.21. The number of hydrogen-bond donors (Lipinski definition) is 0. The van der Waals surface area contributed by atoms with Gasteiger partial charge in [0.2, 0.25) is 0 Å². The van der Waals surface area contributed by atoms with Crippen molar-refractivity contribution in [2.75, 3.05) is 0 Å². The molecule has 0 amide bonds. The molecule has 6 aromatic carbocycles. The normalized spacial score (nSPS) is 10.2. The first-order valence-electron chi connectivity index (χ1n) is 16.6. The van der Waals surface area contributed by atoms with E-state index in [2.05, 4.69) is 119 Å². The van der Waals surface area contributed by atoms with Gasteiger partial charge in [-0.3, -0.25) is 17.6 Å². The zero-order chi connectivity index (χ0) is 36.8. The molecule has 0 aliphatic rings. The summed E-state index contributed by atoms with van der Waals surface area (Å²) in [7, 11) is -0.877. The number of pyridine rings is 2. The first-order chi connectivity index (χ1) is 26.0. The van der Waals surface area contributed by atoms with Gasteiger partial charge in [-0.2, -0.15) is 0 Å². The van der Waals surface area contributed by atoms with Gasteiger partial charge in [0.15, 0.2) is 0 Å². The van der Waals surface area contributed by atoms with Crippen LogP contribution in [0.4, 0.5) is 17.6 Å². The van der Waals surface area contributed by atoms with E-state index in [0.29, 0.717) is 12.1 Å².